The highest BCUT2D eigenvalue weighted by atomic mass is 16.5. The van der Waals surface area contributed by atoms with Crippen molar-refractivity contribution in [3.63, 3.8) is 0 Å². The van der Waals surface area contributed by atoms with Crippen molar-refractivity contribution in [2.24, 2.45) is 0 Å². The molecule has 2 N–H and O–H groups in total. The minimum atomic E-state index is 0.162. The van der Waals surface area contributed by atoms with E-state index in [1.165, 1.54) is 0 Å². The molecule has 0 spiro atoms. The Kier molecular flexibility index (Phi) is 3.96. The largest absolute Gasteiger partial charge is 0.473 e. The third-order valence-electron chi connectivity index (χ3n) is 3.22. The van der Waals surface area contributed by atoms with Gasteiger partial charge in [-0.2, -0.15) is 9.97 Å². The number of hydrogen-bond acceptors (Lipinski definition) is 6. The van der Waals surface area contributed by atoms with Crippen molar-refractivity contribution in [2.45, 2.75) is 32.3 Å². The van der Waals surface area contributed by atoms with E-state index in [1.807, 2.05) is 0 Å². The summed E-state index contributed by atoms with van der Waals surface area (Å²) in [7, 11) is 0. The lowest BCUT2D eigenvalue weighted by atomic mass is 10.2. The highest BCUT2D eigenvalue weighted by molar-refractivity contribution is 5.76. The van der Waals surface area contributed by atoms with Crippen LogP contribution in [-0.2, 0) is 4.74 Å². The smallest absolute Gasteiger partial charge is 0.245 e. The monoisotopic (exact) mass is 277 g/mol. The normalized spacial score (nSPS) is 18.6. The van der Waals surface area contributed by atoms with Crippen molar-refractivity contribution in [1.29, 1.82) is 0 Å². The minimum absolute atomic E-state index is 0.162. The molecule has 0 aliphatic carbocycles. The van der Waals surface area contributed by atoms with Crippen molar-refractivity contribution < 1.29 is 9.47 Å². The molecule has 1 saturated heterocycles. The summed E-state index contributed by atoms with van der Waals surface area (Å²) in [4.78, 5) is 15.9. The lowest BCUT2D eigenvalue weighted by molar-refractivity contribution is 0.0669. The van der Waals surface area contributed by atoms with Crippen molar-refractivity contribution >= 4 is 17.1 Å². The van der Waals surface area contributed by atoms with Gasteiger partial charge in [0.15, 0.2) is 5.65 Å². The number of nitrogens with one attached hydrogen (secondary N) is 2. The zero-order valence-electron chi connectivity index (χ0n) is 11.6. The van der Waals surface area contributed by atoms with Gasteiger partial charge in [-0.05, 0) is 19.3 Å². The first-order valence-corrected chi connectivity index (χ1v) is 7.06. The van der Waals surface area contributed by atoms with E-state index in [9.17, 15) is 0 Å². The predicted molar refractivity (Wildman–Crippen MR) is 74.9 cm³/mol. The fourth-order valence-electron chi connectivity index (χ4n) is 2.17. The van der Waals surface area contributed by atoms with Gasteiger partial charge in [0.1, 0.15) is 12.1 Å². The number of fused-ring (bicyclic) bond motifs is 1. The number of nitrogens with zero attached hydrogens (tertiary/aromatic N) is 3. The van der Waals surface area contributed by atoms with Crippen LogP contribution in [0, 0.1) is 0 Å². The van der Waals surface area contributed by atoms with Gasteiger partial charge in [-0.1, -0.05) is 6.92 Å². The number of aromatic nitrogens is 4. The molecule has 1 fully saturated rings. The summed E-state index contributed by atoms with van der Waals surface area (Å²) in [5.74, 6) is 1.08. The molecule has 0 bridgehead atoms. The van der Waals surface area contributed by atoms with Gasteiger partial charge in [0, 0.05) is 13.2 Å². The molecule has 2 aromatic heterocycles. The highest BCUT2D eigenvalue weighted by Gasteiger charge is 2.18. The highest BCUT2D eigenvalue weighted by Crippen LogP contribution is 2.22. The Labute approximate surface area is 117 Å². The molecule has 7 nitrogen and oxygen atoms in total. The zero-order valence-corrected chi connectivity index (χ0v) is 11.6. The Bertz CT molecular complexity index is 565. The van der Waals surface area contributed by atoms with Crippen LogP contribution in [0.15, 0.2) is 6.33 Å². The van der Waals surface area contributed by atoms with E-state index in [0.29, 0.717) is 24.1 Å². The molecule has 3 rings (SSSR count). The van der Waals surface area contributed by atoms with Gasteiger partial charge < -0.3 is 19.8 Å². The third-order valence-corrected chi connectivity index (χ3v) is 3.22. The third kappa shape index (κ3) is 2.82. The molecule has 1 aliphatic heterocycles. The standard InChI is InChI=1S/C13H19N5O2/c1-2-5-14-13-17-11-10(15-8-16-11)12(18-13)20-7-9-4-3-6-19-9/h8-9H,2-7H2,1H3,(H2,14,15,16,17,18). The maximum atomic E-state index is 5.79. The Morgan fingerprint density at radius 1 is 1.50 bits per heavy atom. The molecule has 1 atom stereocenters. The van der Waals surface area contributed by atoms with Crippen LogP contribution in [0.2, 0.25) is 0 Å². The fourth-order valence-corrected chi connectivity index (χ4v) is 2.17. The second-order valence-corrected chi connectivity index (χ2v) is 4.83. The maximum absolute atomic E-state index is 5.79. The van der Waals surface area contributed by atoms with Gasteiger partial charge in [0.05, 0.1) is 12.4 Å². The Hall–Kier alpha value is -1.89. The average Bonchev–Trinajstić information content (AvgIpc) is 3.13. The lowest BCUT2D eigenvalue weighted by Crippen LogP contribution is -2.17. The first kappa shape index (κ1) is 13.1. The van der Waals surface area contributed by atoms with Crippen LogP contribution in [0.3, 0.4) is 0 Å². The lowest BCUT2D eigenvalue weighted by Gasteiger charge is -2.12. The number of aromatic amines is 1. The van der Waals surface area contributed by atoms with Crippen LogP contribution in [0.1, 0.15) is 26.2 Å². The maximum Gasteiger partial charge on any atom is 0.245 e. The minimum Gasteiger partial charge on any atom is -0.473 e. The summed E-state index contributed by atoms with van der Waals surface area (Å²) >= 11 is 0. The topological polar surface area (TPSA) is 85.0 Å². The van der Waals surface area contributed by atoms with E-state index < -0.39 is 0 Å². The number of H-pyrrole nitrogens is 1. The molecule has 0 saturated carbocycles. The summed E-state index contributed by atoms with van der Waals surface area (Å²) in [6.45, 7) is 4.24. The second-order valence-electron chi connectivity index (χ2n) is 4.83. The van der Waals surface area contributed by atoms with E-state index in [0.717, 1.165) is 37.9 Å². The summed E-state index contributed by atoms with van der Waals surface area (Å²) in [6.07, 6.45) is 4.91. The van der Waals surface area contributed by atoms with Gasteiger partial charge >= 0.3 is 0 Å². The summed E-state index contributed by atoms with van der Waals surface area (Å²) in [6, 6.07) is 0. The molecule has 3 heterocycles. The molecule has 0 aromatic carbocycles. The number of hydrogen-bond donors (Lipinski definition) is 2. The number of rotatable bonds is 6. The Balaban J connectivity index is 1.77. The van der Waals surface area contributed by atoms with Crippen LogP contribution in [0.25, 0.3) is 11.2 Å². The van der Waals surface area contributed by atoms with Gasteiger partial charge in [-0.25, -0.2) is 4.98 Å². The van der Waals surface area contributed by atoms with E-state index in [1.54, 1.807) is 6.33 Å². The predicted octanol–water partition coefficient (Wildman–Crippen LogP) is 1.73. The zero-order chi connectivity index (χ0) is 13.8. The second kappa shape index (κ2) is 6.04. The first-order valence-electron chi connectivity index (χ1n) is 7.06. The molecular formula is C13H19N5O2. The van der Waals surface area contributed by atoms with E-state index in [4.69, 9.17) is 9.47 Å². The molecule has 0 amide bonds. The molecule has 7 heteroatoms. The van der Waals surface area contributed by atoms with Crippen molar-refractivity contribution in [3.8, 4) is 5.88 Å². The average molecular weight is 277 g/mol. The molecular weight excluding hydrogens is 258 g/mol. The van der Waals surface area contributed by atoms with Crippen molar-refractivity contribution in [3.05, 3.63) is 6.33 Å². The van der Waals surface area contributed by atoms with Gasteiger partial charge in [-0.3, -0.25) is 0 Å². The van der Waals surface area contributed by atoms with Crippen LogP contribution >= 0.6 is 0 Å². The van der Waals surface area contributed by atoms with Crippen LogP contribution in [0.5, 0.6) is 5.88 Å². The summed E-state index contributed by atoms with van der Waals surface area (Å²) in [5.41, 5.74) is 1.34. The van der Waals surface area contributed by atoms with Gasteiger partial charge in [0.2, 0.25) is 11.8 Å². The number of ether oxygens (including phenoxy) is 2. The Morgan fingerprint density at radius 2 is 2.45 bits per heavy atom. The number of anilines is 1. The first-order chi connectivity index (χ1) is 9.86. The molecule has 0 radical (unpaired) electrons. The molecule has 20 heavy (non-hydrogen) atoms. The van der Waals surface area contributed by atoms with Crippen LogP contribution < -0.4 is 10.1 Å². The van der Waals surface area contributed by atoms with E-state index >= 15 is 0 Å². The summed E-state index contributed by atoms with van der Waals surface area (Å²) in [5, 5.41) is 3.16. The molecule has 2 aromatic rings. The fraction of sp³-hybridized carbons (Fsp3) is 0.615. The quantitative estimate of drug-likeness (QED) is 0.836. The Morgan fingerprint density at radius 3 is 3.25 bits per heavy atom. The van der Waals surface area contributed by atoms with Gasteiger partial charge in [-0.15, -0.1) is 0 Å². The van der Waals surface area contributed by atoms with E-state index in [2.05, 4.69) is 32.2 Å². The molecule has 108 valence electrons. The van der Waals surface area contributed by atoms with Crippen LogP contribution in [0.4, 0.5) is 5.95 Å². The van der Waals surface area contributed by atoms with Crippen molar-refractivity contribution in [1.82, 2.24) is 19.9 Å². The number of imidazole rings is 1. The van der Waals surface area contributed by atoms with Crippen LogP contribution in [-0.4, -0.2) is 45.8 Å². The molecule has 1 aliphatic rings. The summed E-state index contributed by atoms with van der Waals surface area (Å²) < 4.78 is 11.3. The molecule has 1 unspecified atom stereocenters. The van der Waals surface area contributed by atoms with E-state index in [-0.39, 0.29) is 6.10 Å². The van der Waals surface area contributed by atoms with Gasteiger partial charge in [0.25, 0.3) is 0 Å². The SMILES string of the molecule is CCCNc1nc(OCC2CCCO2)c2[nH]cnc2n1. The van der Waals surface area contributed by atoms with Crippen molar-refractivity contribution in [2.75, 3.05) is 25.1 Å².